The first-order valence-electron chi connectivity index (χ1n) is 8.68. The van der Waals surface area contributed by atoms with Crippen LogP contribution < -0.4 is 11.1 Å². The highest BCUT2D eigenvalue weighted by atomic mass is 16.5. The van der Waals surface area contributed by atoms with Crippen LogP contribution in [0.3, 0.4) is 0 Å². The highest BCUT2D eigenvalue weighted by molar-refractivity contribution is 5.23. The standard InChI is InChI=1S/C17H28N2O/c1-16(2)15-11(5-6-20-15)17(16,18)8-19-14-12-9-3-4-10(7-9)13(12)14/h9-15,19H,3-8,18H2,1-2H3. The molecule has 0 amide bonds. The Kier molecular flexibility index (Phi) is 2.24. The van der Waals surface area contributed by atoms with E-state index >= 15 is 0 Å². The molecule has 5 aliphatic rings. The molecule has 0 spiro atoms. The molecule has 0 radical (unpaired) electrons. The molecule has 1 heterocycles. The molecule has 7 unspecified atom stereocenters. The Labute approximate surface area is 122 Å². The largest absolute Gasteiger partial charge is 0.377 e. The Bertz CT molecular complexity index is 434. The summed E-state index contributed by atoms with van der Waals surface area (Å²) in [5, 5.41) is 3.89. The van der Waals surface area contributed by atoms with Crippen molar-refractivity contribution in [2.45, 2.75) is 57.2 Å². The van der Waals surface area contributed by atoms with Crippen molar-refractivity contribution >= 4 is 0 Å². The first-order valence-corrected chi connectivity index (χ1v) is 8.68. The fraction of sp³-hybridized carbons (Fsp3) is 1.00. The molecule has 1 saturated heterocycles. The van der Waals surface area contributed by atoms with Crippen molar-refractivity contribution in [3.8, 4) is 0 Å². The van der Waals surface area contributed by atoms with Crippen LogP contribution in [0, 0.1) is 35.0 Å². The second kappa shape index (κ2) is 3.61. The Morgan fingerprint density at radius 3 is 2.55 bits per heavy atom. The van der Waals surface area contributed by atoms with Gasteiger partial charge in [-0.15, -0.1) is 0 Å². The fourth-order valence-corrected chi connectivity index (χ4v) is 6.72. The van der Waals surface area contributed by atoms with E-state index in [4.69, 9.17) is 10.5 Å². The van der Waals surface area contributed by atoms with Gasteiger partial charge in [-0.05, 0) is 49.4 Å². The maximum absolute atomic E-state index is 6.83. The topological polar surface area (TPSA) is 47.3 Å². The molecule has 20 heavy (non-hydrogen) atoms. The molecule has 112 valence electrons. The van der Waals surface area contributed by atoms with Crippen molar-refractivity contribution in [1.29, 1.82) is 0 Å². The van der Waals surface area contributed by atoms with Gasteiger partial charge in [0.05, 0.1) is 6.10 Å². The number of hydrogen-bond acceptors (Lipinski definition) is 3. The van der Waals surface area contributed by atoms with Gasteiger partial charge in [-0.2, -0.15) is 0 Å². The quantitative estimate of drug-likeness (QED) is 0.826. The maximum Gasteiger partial charge on any atom is 0.0691 e. The molecule has 4 aliphatic carbocycles. The van der Waals surface area contributed by atoms with Gasteiger partial charge in [-0.1, -0.05) is 13.8 Å². The van der Waals surface area contributed by atoms with Crippen molar-refractivity contribution in [3.05, 3.63) is 0 Å². The summed E-state index contributed by atoms with van der Waals surface area (Å²) in [7, 11) is 0. The van der Waals surface area contributed by atoms with Crippen LogP contribution >= 0.6 is 0 Å². The smallest absolute Gasteiger partial charge is 0.0691 e. The lowest BCUT2D eigenvalue weighted by Crippen LogP contribution is -2.78. The number of fused-ring (bicyclic) bond motifs is 6. The highest BCUT2D eigenvalue weighted by Gasteiger charge is 2.69. The van der Waals surface area contributed by atoms with Crippen LogP contribution in [-0.2, 0) is 4.74 Å². The summed E-state index contributed by atoms with van der Waals surface area (Å²) in [5.41, 5.74) is 6.91. The number of hydrogen-bond donors (Lipinski definition) is 2. The Hall–Kier alpha value is -0.120. The Morgan fingerprint density at radius 2 is 1.85 bits per heavy atom. The predicted octanol–water partition coefficient (Wildman–Crippen LogP) is 1.76. The Balaban J connectivity index is 1.27. The lowest BCUT2D eigenvalue weighted by atomic mass is 9.48. The SMILES string of the molecule is CC1(C)C2OCCC2C1(N)CNC1C2C3CCC(C3)C12. The second-order valence-corrected chi connectivity index (χ2v) is 8.84. The van der Waals surface area contributed by atoms with E-state index in [1.54, 1.807) is 0 Å². The molecule has 5 rings (SSSR count). The summed E-state index contributed by atoms with van der Waals surface area (Å²) in [6.07, 6.45) is 6.11. The van der Waals surface area contributed by atoms with Crippen molar-refractivity contribution in [2.75, 3.05) is 13.2 Å². The van der Waals surface area contributed by atoms with Crippen LogP contribution in [0.5, 0.6) is 0 Å². The van der Waals surface area contributed by atoms with Crippen LogP contribution in [0.1, 0.15) is 39.5 Å². The molecule has 7 atom stereocenters. The van der Waals surface area contributed by atoms with E-state index in [1.807, 2.05) is 0 Å². The van der Waals surface area contributed by atoms with E-state index in [0.29, 0.717) is 12.0 Å². The first-order chi connectivity index (χ1) is 9.54. The van der Waals surface area contributed by atoms with Crippen molar-refractivity contribution in [1.82, 2.24) is 5.32 Å². The van der Waals surface area contributed by atoms with E-state index in [9.17, 15) is 0 Å². The predicted molar refractivity (Wildman–Crippen MR) is 78.1 cm³/mol. The van der Waals surface area contributed by atoms with Crippen LogP contribution in [0.25, 0.3) is 0 Å². The van der Waals surface area contributed by atoms with Gasteiger partial charge in [-0.3, -0.25) is 0 Å². The molecule has 3 nitrogen and oxygen atoms in total. The molecule has 4 saturated carbocycles. The summed E-state index contributed by atoms with van der Waals surface area (Å²) in [6.45, 7) is 6.52. The van der Waals surface area contributed by atoms with Gasteiger partial charge in [0.2, 0.25) is 0 Å². The van der Waals surface area contributed by atoms with Gasteiger partial charge in [0.15, 0.2) is 0 Å². The third-order valence-corrected chi connectivity index (χ3v) is 8.03. The molecule has 1 aliphatic heterocycles. The number of nitrogens with two attached hydrogens (primary N) is 1. The molecular weight excluding hydrogens is 248 g/mol. The monoisotopic (exact) mass is 276 g/mol. The zero-order chi connectivity index (χ0) is 13.7. The molecule has 0 aromatic heterocycles. The highest BCUT2D eigenvalue weighted by Crippen LogP contribution is 2.66. The minimum Gasteiger partial charge on any atom is -0.377 e. The van der Waals surface area contributed by atoms with E-state index in [2.05, 4.69) is 19.2 Å². The third-order valence-electron chi connectivity index (χ3n) is 8.03. The molecule has 0 aromatic carbocycles. The molecular formula is C17H28N2O. The van der Waals surface area contributed by atoms with Crippen molar-refractivity contribution in [3.63, 3.8) is 0 Å². The molecule has 3 N–H and O–H groups in total. The molecule has 0 aromatic rings. The summed E-state index contributed by atoms with van der Waals surface area (Å²) >= 11 is 0. The van der Waals surface area contributed by atoms with Gasteiger partial charge < -0.3 is 15.8 Å². The average molecular weight is 276 g/mol. The molecule has 2 bridgehead atoms. The first kappa shape index (κ1) is 12.4. The minimum atomic E-state index is -0.0515. The normalized spacial score (nSPS) is 61.0. The van der Waals surface area contributed by atoms with E-state index in [-0.39, 0.29) is 11.0 Å². The molecule has 3 heteroatoms. The van der Waals surface area contributed by atoms with Crippen LogP contribution in [-0.4, -0.2) is 30.8 Å². The van der Waals surface area contributed by atoms with E-state index in [0.717, 1.165) is 49.3 Å². The van der Waals surface area contributed by atoms with Crippen molar-refractivity contribution in [2.24, 2.45) is 40.7 Å². The summed E-state index contributed by atoms with van der Waals surface area (Å²) < 4.78 is 5.90. The zero-order valence-corrected chi connectivity index (χ0v) is 12.8. The van der Waals surface area contributed by atoms with E-state index < -0.39 is 0 Å². The van der Waals surface area contributed by atoms with Gasteiger partial charge in [0, 0.05) is 36.1 Å². The number of ether oxygens (including phenoxy) is 1. The Morgan fingerprint density at radius 1 is 1.15 bits per heavy atom. The summed E-state index contributed by atoms with van der Waals surface area (Å²) in [4.78, 5) is 0. The van der Waals surface area contributed by atoms with Gasteiger partial charge >= 0.3 is 0 Å². The zero-order valence-electron chi connectivity index (χ0n) is 12.8. The maximum atomic E-state index is 6.83. The van der Waals surface area contributed by atoms with Gasteiger partial charge in [0.1, 0.15) is 0 Å². The lowest BCUT2D eigenvalue weighted by molar-refractivity contribution is -0.153. The van der Waals surface area contributed by atoms with Gasteiger partial charge in [0.25, 0.3) is 0 Å². The van der Waals surface area contributed by atoms with E-state index in [1.165, 1.54) is 19.3 Å². The summed E-state index contributed by atoms with van der Waals surface area (Å²) in [5.74, 6) is 4.70. The number of rotatable bonds is 3. The fourth-order valence-electron chi connectivity index (χ4n) is 6.72. The van der Waals surface area contributed by atoms with Crippen molar-refractivity contribution < 1.29 is 4.74 Å². The number of nitrogens with one attached hydrogen (secondary N) is 1. The second-order valence-electron chi connectivity index (χ2n) is 8.84. The average Bonchev–Trinajstić information content (AvgIpc) is 2.86. The van der Waals surface area contributed by atoms with Gasteiger partial charge in [-0.25, -0.2) is 0 Å². The molecule has 5 fully saturated rings. The minimum absolute atomic E-state index is 0.0515. The summed E-state index contributed by atoms with van der Waals surface area (Å²) in [6, 6.07) is 0.804. The van der Waals surface area contributed by atoms with Crippen LogP contribution in [0.4, 0.5) is 0 Å². The van der Waals surface area contributed by atoms with Crippen LogP contribution in [0.15, 0.2) is 0 Å². The van der Waals surface area contributed by atoms with Crippen LogP contribution in [0.2, 0.25) is 0 Å². The lowest BCUT2D eigenvalue weighted by Gasteiger charge is -2.62. The third kappa shape index (κ3) is 1.25.